The predicted molar refractivity (Wildman–Crippen MR) is 109 cm³/mol. The van der Waals surface area contributed by atoms with Gasteiger partial charge in [0.15, 0.2) is 11.5 Å². The molecule has 0 atom stereocenters. The van der Waals surface area contributed by atoms with Crippen LogP contribution in [0.25, 0.3) is 10.8 Å². The van der Waals surface area contributed by atoms with Crippen LogP contribution in [0.3, 0.4) is 0 Å². The van der Waals surface area contributed by atoms with Crippen molar-refractivity contribution in [1.29, 1.82) is 0 Å². The molecule has 0 bridgehead atoms. The van der Waals surface area contributed by atoms with Crippen molar-refractivity contribution in [2.24, 2.45) is 5.16 Å². The van der Waals surface area contributed by atoms with Crippen LogP contribution in [0.1, 0.15) is 23.6 Å². The molecule has 0 saturated carbocycles. The van der Waals surface area contributed by atoms with E-state index in [1.165, 1.54) is 17.0 Å². The molecule has 0 saturated heterocycles. The molecule has 0 aromatic heterocycles. The Morgan fingerprint density at radius 2 is 1.85 bits per heavy atom. The van der Waals surface area contributed by atoms with Crippen LogP contribution in [0, 0.1) is 0 Å². The highest BCUT2D eigenvalue weighted by molar-refractivity contribution is 5.85. The van der Waals surface area contributed by atoms with E-state index in [1.54, 1.807) is 0 Å². The molecule has 3 rings (SSSR count). The van der Waals surface area contributed by atoms with E-state index in [9.17, 15) is 0 Å². The van der Waals surface area contributed by atoms with Gasteiger partial charge in [-0.1, -0.05) is 53.7 Å². The van der Waals surface area contributed by atoms with Gasteiger partial charge < -0.3 is 14.7 Å². The Bertz CT molecular complexity index is 958. The molecule has 0 aliphatic heterocycles. The lowest BCUT2D eigenvalue weighted by atomic mass is 10.0. The molecule has 0 spiro atoms. The van der Waals surface area contributed by atoms with Crippen LogP contribution in [0.4, 0.5) is 0 Å². The number of fused-ring (bicyclic) bond motifs is 1. The molecule has 0 fully saturated rings. The first-order valence-electron chi connectivity index (χ1n) is 8.94. The number of rotatable bonds is 8. The van der Waals surface area contributed by atoms with Gasteiger partial charge in [0.2, 0.25) is 0 Å². The first-order chi connectivity index (χ1) is 13.3. The molecule has 0 amide bonds. The highest BCUT2D eigenvalue weighted by atomic mass is 16.5. The smallest absolute Gasteiger partial charge is 0.165 e. The van der Waals surface area contributed by atoms with Crippen molar-refractivity contribution >= 4 is 17.0 Å². The summed E-state index contributed by atoms with van der Waals surface area (Å²) >= 11 is 0. The molecule has 0 aliphatic rings. The van der Waals surface area contributed by atoms with Crippen LogP contribution >= 0.6 is 0 Å². The summed E-state index contributed by atoms with van der Waals surface area (Å²) in [6, 6.07) is 18.2. The van der Waals surface area contributed by atoms with Crippen molar-refractivity contribution in [2.45, 2.75) is 20.0 Å². The van der Waals surface area contributed by atoms with Gasteiger partial charge in [0.25, 0.3) is 0 Å². The van der Waals surface area contributed by atoms with E-state index in [2.05, 4.69) is 36.0 Å². The first-order valence-corrected chi connectivity index (χ1v) is 8.94. The van der Waals surface area contributed by atoms with Crippen LogP contribution in [0.15, 0.2) is 72.4 Å². The summed E-state index contributed by atoms with van der Waals surface area (Å²) in [6.45, 7) is 6.69. The second-order valence-corrected chi connectivity index (χ2v) is 6.10. The Balaban J connectivity index is 1.97. The normalized spacial score (nSPS) is 11.0. The number of nitrogens with zero attached hydrogens (tertiary/aromatic N) is 1. The molecule has 138 valence electrons. The zero-order valence-corrected chi connectivity index (χ0v) is 15.4. The lowest BCUT2D eigenvalue weighted by molar-refractivity contribution is 0.268. The van der Waals surface area contributed by atoms with Crippen LogP contribution in [-0.2, 0) is 13.0 Å². The summed E-state index contributed by atoms with van der Waals surface area (Å²) in [4.78, 5) is 0. The Kier molecular flexibility index (Phi) is 6.10. The third-order valence-electron chi connectivity index (χ3n) is 4.28. The molecule has 0 unspecified atom stereocenters. The van der Waals surface area contributed by atoms with Gasteiger partial charge in [-0.2, -0.15) is 0 Å². The van der Waals surface area contributed by atoms with Gasteiger partial charge in [-0.25, -0.2) is 0 Å². The van der Waals surface area contributed by atoms with Crippen molar-refractivity contribution in [3.05, 3.63) is 83.9 Å². The monoisotopic (exact) mass is 361 g/mol. The zero-order valence-electron chi connectivity index (χ0n) is 15.4. The fraction of sp³-hybridized carbons (Fsp3) is 0.174. The van der Waals surface area contributed by atoms with Crippen molar-refractivity contribution in [1.82, 2.24) is 0 Å². The van der Waals surface area contributed by atoms with E-state index in [-0.39, 0.29) is 0 Å². The van der Waals surface area contributed by atoms with Gasteiger partial charge in [-0.05, 0) is 41.8 Å². The molecule has 3 aromatic carbocycles. The predicted octanol–water partition coefficient (Wildman–Crippen LogP) is 5.35. The number of hydrogen-bond acceptors (Lipinski definition) is 4. The maximum Gasteiger partial charge on any atom is 0.165 e. The number of oxime groups is 1. The van der Waals surface area contributed by atoms with Crippen LogP contribution in [0.2, 0.25) is 0 Å². The largest absolute Gasteiger partial charge is 0.490 e. The highest BCUT2D eigenvalue weighted by Gasteiger charge is 2.14. The topological polar surface area (TPSA) is 51.1 Å². The van der Waals surface area contributed by atoms with E-state index in [0.29, 0.717) is 31.1 Å². The van der Waals surface area contributed by atoms with Gasteiger partial charge in [-0.3, -0.25) is 0 Å². The summed E-state index contributed by atoms with van der Waals surface area (Å²) in [5.74, 6) is 1.33. The molecule has 4 nitrogen and oxygen atoms in total. The summed E-state index contributed by atoms with van der Waals surface area (Å²) in [6.07, 6.45) is 3.82. The van der Waals surface area contributed by atoms with Gasteiger partial charge in [0.05, 0.1) is 12.8 Å². The lowest BCUT2D eigenvalue weighted by Gasteiger charge is -2.17. The molecule has 4 heteroatoms. The van der Waals surface area contributed by atoms with Gasteiger partial charge in [0, 0.05) is 11.1 Å². The summed E-state index contributed by atoms with van der Waals surface area (Å²) < 4.78 is 12.0. The van der Waals surface area contributed by atoms with Crippen molar-refractivity contribution in [3.8, 4) is 11.5 Å². The molecule has 3 aromatic rings. The maximum absolute atomic E-state index is 8.86. The Labute approximate surface area is 159 Å². The second-order valence-electron chi connectivity index (χ2n) is 6.10. The lowest BCUT2D eigenvalue weighted by Crippen LogP contribution is -2.04. The minimum Gasteiger partial charge on any atom is -0.490 e. The number of benzene rings is 3. The number of hydrogen-bond donors (Lipinski definition) is 1. The van der Waals surface area contributed by atoms with Crippen molar-refractivity contribution < 1.29 is 14.7 Å². The van der Waals surface area contributed by atoms with Crippen molar-refractivity contribution in [2.75, 3.05) is 6.61 Å². The first kappa shape index (κ1) is 18.5. The molecule has 1 N–H and O–H groups in total. The van der Waals surface area contributed by atoms with E-state index in [4.69, 9.17) is 14.7 Å². The summed E-state index contributed by atoms with van der Waals surface area (Å²) in [5.41, 5.74) is 2.79. The average molecular weight is 361 g/mol. The minimum atomic E-state index is 0.430. The third kappa shape index (κ3) is 4.29. The van der Waals surface area contributed by atoms with Gasteiger partial charge in [-0.15, -0.1) is 6.58 Å². The highest BCUT2D eigenvalue weighted by Crippen LogP contribution is 2.34. The standard InChI is InChI=1S/C23H23NO3/c1-3-8-19-13-17(15-24-25)14-22(26-4-2)23(19)27-16-20-11-7-10-18-9-5-6-12-21(18)20/h3,5-7,9-15,25H,1,4,8,16H2,2H3/b24-15-. The number of ether oxygens (including phenoxy) is 2. The van der Waals surface area contributed by atoms with E-state index >= 15 is 0 Å². The van der Waals surface area contributed by atoms with Crippen LogP contribution in [0.5, 0.6) is 11.5 Å². The maximum atomic E-state index is 8.86. The van der Waals surface area contributed by atoms with Gasteiger partial charge in [0.1, 0.15) is 6.61 Å². The fourth-order valence-electron chi connectivity index (χ4n) is 3.13. The molecular weight excluding hydrogens is 338 g/mol. The number of allylic oxidation sites excluding steroid dienone is 1. The fourth-order valence-corrected chi connectivity index (χ4v) is 3.13. The van der Waals surface area contributed by atoms with E-state index < -0.39 is 0 Å². The van der Waals surface area contributed by atoms with Crippen LogP contribution < -0.4 is 9.47 Å². The Hall–Kier alpha value is -3.27. The van der Waals surface area contributed by atoms with Crippen LogP contribution in [-0.4, -0.2) is 18.0 Å². The molecule has 0 radical (unpaired) electrons. The average Bonchev–Trinajstić information content (AvgIpc) is 2.68. The SMILES string of the molecule is C=CCc1cc(/C=N\O)cc(OCC)c1OCc1cccc2ccccc12. The molecular formula is C23H23NO3. The zero-order chi connectivity index (χ0) is 19.1. The Morgan fingerprint density at radius 3 is 2.63 bits per heavy atom. The van der Waals surface area contributed by atoms with E-state index in [1.807, 2.05) is 43.3 Å². The van der Waals surface area contributed by atoms with Crippen molar-refractivity contribution in [3.63, 3.8) is 0 Å². The summed E-state index contributed by atoms with van der Waals surface area (Å²) in [7, 11) is 0. The second kappa shape index (κ2) is 8.90. The molecule has 0 heterocycles. The molecule has 0 aliphatic carbocycles. The van der Waals surface area contributed by atoms with E-state index in [0.717, 1.165) is 16.7 Å². The minimum absolute atomic E-state index is 0.430. The third-order valence-corrected chi connectivity index (χ3v) is 4.28. The summed E-state index contributed by atoms with van der Waals surface area (Å²) in [5, 5.41) is 14.3. The molecule has 27 heavy (non-hydrogen) atoms. The quantitative estimate of drug-likeness (QED) is 0.254. The Morgan fingerprint density at radius 1 is 1.04 bits per heavy atom. The van der Waals surface area contributed by atoms with Gasteiger partial charge >= 0.3 is 0 Å².